The van der Waals surface area contributed by atoms with Gasteiger partial charge >= 0.3 is 0 Å². The van der Waals surface area contributed by atoms with Gasteiger partial charge in [0.05, 0.1) is 11.8 Å². The number of benzene rings is 3. The third kappa shape index (κ3) is 2.09. The molecule has 1 aliphatic rings. The zero-order chi connectivity index (χ0) is 14.9. The van der Waals surface area contributed by atoms with Crippen molar-refractivity contribution in [2.75, 3.05) is 4.90 Å². The lowest BCUT2D eigenvalue weighted by molar-refractivity contribution is 0.180. The predicted octanol–water partition coefficient (Wildman–Crippen LogP) is 4.75. The van der Waals surface area contributed by atoms with Gasteiger partial charge in [-0.1, -0.05) is 54.6 Å². The molecule has 0 fully saturated rings. The SMILES string of the molecule is OC1Cc2ccccc2N(c2ccccc2)c2ccccc21. The monoisotopic (exact) mass is 287 g/mol. The van der Waals surface area contributed by atoms with E-state index in [1.807, 2.05) is 42.5 Å². The van der Waals surface area contributed by atoms with Crippen LogP contribution < -0.4 is 4.90 Å². The molecule has 0 bridgehead atoms. The van der Waals surface area contributed by atoms with Crippen LogP contribution in [0.25, 0.3) is 0 Å². The number of para-hydroxylation sites is 3. The Labute approximate surface area is 130 Å². The molecule has 108 valence electrons. The Morgan fingerprint density at radius 2 is 1.36 bits per heavy atom. The minimum atomic E-state index is -0.480. The van der Waals surface area contributed by atoms with Crippen LogP contribution in [0.5, 0.6) is 0 Å². The number of rotatable bonds is 1. The van der Waals surface area contributed by atoms with Crippen molar-refractivity contribution in [1.29, 1.82) is 0 Å². The molecule has 0 saturated carbocycles. The standard InChI is InChI=1S/C20H17NO/c22-20-14-15-8-4-6-12-18(15)21(16-9-2-1-3-10-16)19-13-7-5-11-17(19)20/h1-13,20,22H,14H2. The Hall–Kier alpha value is -2.58. The van der Waals surface area contributed by atoms with Crippen LogP contribution in [0.2, 0.25) is 0 Å². The van der Waals surface area contributed by atoms with Crippen LogP contribution in [0.15, 0.2) is 78.9 Å². The highest BCUT2D eigenvalue weighted by Gasteiger charge is 2.25. The summed E-state index contributed by atoms with van der Waals surface area (Å²) in [5.41, 5.74) is 5.43. The number of hydrogen-bond donors (Lipinski definition) is 1. The second kappa shape index (κ2) is 5.32. The van der Waals surface area contributed by atoms with Crippen LogP contribution in [0.1, 0.15) is 17.2 Å². The molecule has 1 unspecified atom stereocenters. The molecule has 1 heterocycles. The smallest absolute Gasteiger partial charge is 0.0851 e. The zero-order valence-electron chi connectivity index (χ0n) is 12.2. The van der Waals surface area contributed by atoms with E-state index < -0.39 is 6.10 Å². The van der Waals surface area contributed by atoms with E-state index >= 15 is 0 Å². The molecular weight excluding hydrogens is 270 g/mol. The largest absolute Gasteiger partial charge is 0.388 e. The summed E-state index contributed by atoms with van der Waals surface area (Å²) in [5.74, 6) is 0. The summed E-state index contributed by atoms with van der Waals surface area (Å²) in [5, 5.41) is 10.6. The maximum Gasteiger partial charge on any atom is 0.0851 e. The molecule has 0 spiro atoms. The van der Waals surface area contributed by atoms with Crippen LogP contribution in [0.4, 0.5) is 17.1 Å². The molecule has 1 atom stereocenters. The van der Waals surface area contributed by atoms with Crippen LogP contribution in [0, 0.1) is 0 Å². The van der Waals surface area contributed by atoms with E-state index in [1.54, 1.807) is 0 Å². The van der Waals surface area contributed by atoms with Crippen molar-refractivity contribution >= 4 is 17.1 Å². The van der Waals surface area contributed by atoms with Crippen LogP contribution in [0.3, 0.4) is 0 Å². The summed E-state index contributed by atoms with van der Waals surface area (Å²) in [4.78, 5) is 2.24. The van der Waals surface area contributed by atoms with Gasteiger partial charge in [0, 0.05) is 23.4 Å². The minimum absolute atomic E-state index is 0.480. The van der Waals surface area contributed by atoms with Crippen LogP contribution in [-0.2, 0) is 6.42 Å². The summed E-state index contributed by atoms with van der Waals surface area (Å²) < 4.78 is 0. The molecule has 0 radical (unpaired) electrons. The molecule has 2 nitrogen and oxygen atoms in total. The summed E-state index contributed by atoms with van der Waals surface area (Å²) in [6.07, 6.45) is 0.155. The highest BCUT2D eigenvalue weighted by molar-refractivity contribution is 5.81. The van der Waals surface area contributed by atoms with Gasteiger partial charge in [0.25, 0.3) is 0 Å². The normalized spacial score (nSPS) is 16.6. The van der Waals surface area contributed by atoms with Crippen molar-refractivity contribution in [3.63, 3.8) is 0 Å². The molecule has 3 aromatic carbocycles. The molecule has 0 amide bonds. The molecule has 1 N–H and O–H groups in total. The van der Waals surface area contributed by atoms with Crippen molar-refractivity contribution < 1.29 is 5.11 Å². The zero-order valence-corrected chi connectivity index (χ0v) is 12.2. The molecule has 2 heteroatoms. The van der Waals surface area contributed by atoms with Gasteiger partial charge in [-0.15, -0.1) is 0 Å². The van der Waals surface area contributed by atoms with Crippen molar-refractivity contribution in [2.24, 2.45) is 0 Å². The van der Waals surface area contributed by atoms with Crippen LogP contribution in [-0.4, -0.2) is 5.11 Å². The molecule has 0 saturated heterocycles. The third-order valence-corrected chi connectivity index (χ3v) is 4.20. The van der Waals surface area contributed by atoms with E-state index in [4.69, 9.17) is 0 Å². The summed E-state index contributed by atoms with van der Waals surface area (Å²) in [6, 6.07) is 26.7. The molecule has 0 aromatic heterocycles. The van der Waals surface area contributed by atoms with Crippen LogP contribution >= 0.6 is 0 Å². The van der Waals surface area contributed by atoms with Gasteiger partial charge in [-0.25, -0.2) is 0 Å². The summed E-state index contributed by atoms with van der Waals surface area (Å²) in [7, 11) is 0. The van der Waals surface area contributed by atoms with Gasteiger partial charge in [-0.05, 0) is 29.8 Å². The second-order valence-electron chi connectivity index (χ2n) is 5.58. The lowest BCUT2D eigenvalue weighted by atomic mass is 10.0. The van der Waals surface area contributed by atoms with Crippen molar-refractivity contribution in [3.8, 4) is 0 Å². The average Bonchev–Trinajstić information content (AvgIpc) is 2.70. The molecule has 3 aromatic rings. The van der Waals surface area contributed by atoms with Crippen molar-refractivity contribution in [3.05, 3.63) is 90.0 Å². The highest BCUT2D eigenvalue weighted by atomic mass is 16.3. The lowest BCUT2D eigenvalue weighted by Gasteiger charge is -2.27. The van der Waals surface area contributed by atoms with E-state index in [0.29, 0.717) is 6.42 Å². The van der Waals surface area contributed by atoms with E-state index in [0.717, 1.165) is 28.2 Å². The van der Waals surface area contributed by atoms with Gasteiger partial charge < -0.3 is 10.0 Å². The lowest BCUT2D eigenvalue weighted by Crippen LogP contribution is -2.11. The number of nitrogens with zero attached hydrogens (tertiary/aromatic N) is 1. The van der Waals surface area contributed by atoms with Gasteiger partial charge in [0.1, 0.15) is 0 Å². The molecule has 0 aliphatic carbocycles. The first-order chi connectivity index (χ1) is 10.8. The summed E-state index contributed by atoms with van der Waals surface area (Å²) in [6.45, 7) is 0. The topological polar surface area (TPSA) is 23.5 Å². The first kappa shape index (κ1) is 13.1. The molecular formula is C20H17NO. The minimum Gasteiger partial charge on any atom is -0.388 e. The number of fused-ring (bicyclic) bond motifs is 2. The van der Waals surface area contributed by atoms with Gasteiger partial charge in [-0.2, -0.15) is 0 Å². The quantitative estimate of drug-likeness (QED) is 0.698. The fourth-order valence-electron chi connectivity index (χ4n) is 3.18. The second-order valence-corrected chi connectivity index (χ2v) is 5.58. The Kier molecular flexibility index (Phi) is 3.17. The summed E-state index contributed by atoms with van der Waals surface area (Å²) >= 11 is 0. The number of aliphatic hydroxyl groups excluding tert-OH is 1. The van der Waals surface area contributed by atoms with E-state index in [1.165, 1.54) is 0 Å². The number of hydrogen-bond acceptors (Lipinski definition) is 2. The molecule has 1 aliphatic heterocycles. The predicted molar refractivity (Wildman–Crippen MR) is 89.8 cm³/mol. The maximum atomic E-state index is 10.6. The fourth-order valence-corrected chi connectivity index (χ4v) is 3.18. The van der Waals surface area contributed by atoms with E-state index in [2.05, 4.69) is 41.3 Å². The fraction of sp³-hybridized carbons (Fsp3) is 0.100. The number of aliphatic hydroxyl groups is 1. The third-order valence-electron chi connectivity index (χ3n) is 4.20. The van der Waals surface area contributed by atoms with E-state index in [-0.39, 0.29) is 0 Å². The Balaban J connectivity index is 2.01. The van der Waals surface area contributed by atoms with Gasteiger partial charge in [-0.3, -0.25) is 0 Å². The maximum absolute atomic E-state index is 10.6. The van der Waals surface area contributed by atoms with Crippen molar-refractivity contribution in [1.82, 2.24) is 0 Å². The van der Waals surface area contributed by atoms with Gasteiger partial charge in [0.2, 0.25) is 0 Å². The molecule has 4 rings (SSSR count). The van der Waals surface area contributed by atoms with Gasteiger partial charge in [0.15, 0.2) is 0 Å². The Morgan fingerprint density at radius 1 is 0.727 bits per heavy atom. The van der Waals surface area contributed by atoms with E-state index in [9.17, 15) is 5.11 Å². The average molecular weight is 287 g/mol. The number of anilines is 3. The van der Waals surface area contributed by atoms with Crippen molar-refractivity contribution in [2.45, 2.75) is 12.5 Å². The Bertz CT molecular complexity index is 798. The molecule has 22 heavy (non-hydrogen) atoms. The highest BCUT2D eigenvalue weighted by Crippen LogP contribution is 2.44. The Morgan fingerprint density at radius 3 is 2.18 bits per heavy atom. The first-order valence-electron chi connectivity index (χ1n) is 7.54. The first-order valence-corrected chi connectivity index (χ1v) is 7.54.